The molecule has 17 heavy (non-hydrogen) atoms. The van der Waals surface area contributed by atoms with Crippen molar-refractivity contribution in [3.63, 3.8) is 0 Å². The number of hydrogen-bond acceptors (Lipinski definition) is 3. The molecule has 2 rings (SSSR count). The highest BCUT2D eigenvalue weighted by Gasteiger charge is 2.13. The summed E-state index contributed by atoms with van der Waals surface area (Å²) in [7, 11) is 2.00. The van der Waals surface area contributed by atoms with E-state index in [0.29, 0.717) is 6.04 Å². The van der Waals surface area contributed by atoms with Crippen molar-refractivity contribution in [3.05, 3.63) is 51.5 Å². The molecule has 0 saturated heterocycles. The lowest BCUT2D eigenvalue weighted by atomic mass is 10.00. The SMILES string of the molecule is CNC(Cc1ccccc1C)c1csc(C)n1. The summed E-state index contributed by atoms with van der Waals surface area (Å²) in [5, 5.41) is 6.63. The molecule has 1 heterocycles. The Morgan fingerprint density at radius 3 is 2.65 bits per heavy atom. The predicted octanol–water partition coefficient (Wildman–Crippen LogP) is 3.26. The summed E-state index contributed by atoms with van der Waals surface area (Å²) in [5.74, 6) is 0. The Hall–Kier alpha value is -1.19. The van der Waals surface area contributed by atoms with Crippen molar-refractivity contribution in [2.75, 3.05) is 7.05 Å². The number of nitrogens with zero attached hydrogens (tertiary/aromatic N) is 1. The predicted molar refractivity (Wildman–Crippen MR) is 73.5 cm³/mol. The average molecular weight is 246 g/mol. The van der Waals surface area contributed by atoms with Gasteiger partial charge in [-0.3, -0.25) is 0 Å². The molecule has 0 bridgehead atoms. The van der Waals surface area contributed by atoms with Crippen LogP contribution in [0.5, 0.6) is 0 Å². The van der Waals surface area contributed by atoms with Gasteiger partial charge in [-0.1, -0.05) is 24.3 Å². The molecular weight excluding hydrogens is 228 g/mol. The normalized spacial score (nSPS) is 12.6. The van der Waals surface area contributed by atoms with Gasteiger partial charge < -0.3 is 5.32 Å². The lowest BCUT2D eigenvalue weighted by molar-refractivity contribution is 0.577. The van der Waals surface area contributed by atoms with Crippen molar-refractivity contribution in [3.8, 4) is 0 Å². The van der Waals surface area contributed by atoms with Gasteiger partial charge in [0.2, 0.25) is 0 Å². The molecule has 1 aromatic carbocycles. The summed E-state index contributed by atoms with van der Waals surface area (Å²) in [4.78, 5) is 4.56. The molecule has 0 aliphatic rings. The van der Waals surface area contributed by atoms with Gasteiger partial charge in [0, 0.05) is 5.38 Å². The van der Waals surface area contributed by atoms with E-state index in [1.165, 1.54) is 11.1 Å². The fraction of sp³-hybridized carbons (Fsp3) is 0.357. The summed E-state index contributed by atoms with van der Waals surface area (Å²) in [6, 6.07) is 8.84. The van der Waals surface area contributed by atoms with Crippen LogP contribution in [-0.2, 0) is 6.42 Å². The Kier molecular flexibility index (Phi) is 3.92. The summed E-state index contributed by atoms with van der Waals surface area (Å²) in [6.07, 6.45) is 0.992. The number of aryl methyl sites for hydroxylation is 2. The maximum absolute atomic E-state index is 4.56. The van der Waals surface area contributed by atoms with Crippen molar-refractivity contribution in [1.29, 1.82) is 0 Å². The molecule has 1 unspecified atom stereocenters. The number of benzene rings is 1. The maximum atomic E-state index is 4.56. The van der Waals surface area contributed by atoms with Gasteiger partial charge in [-0.15, -0.1) is 11.3 Å². The maximum Gasteiger partial charge on any atom is 0.0898 e. The minimum atomic E-state index is 0.307. The minimum absolute atomic E-state index is 0.307. The molecule has 3 heteroatoms. The van der Waals surface area contributed by atoms with Crippen LogP contribution in [0.25, 0.3) is 0 Å². The molecule has 0 spiro atoms. The van der Waals surface area contributed by atoms with E-state index in [9.17, 15) is 0 Å². The molecule has 1 aromatic heterocycles. The minimum Gasteiger partial charge on any atom is -0.311 e. The topological polar surface area (TPSA) is 24.9 Å². The van der Waals surface area contributed by atoms with Gasteiger partial charge in [-0.2, -0.15) is 0 Å². The van der Waals surface area contributed by atoms with E-state index >= 15 is 0 Å². The van der Waals surface area contributed by atoms with Crippen LogP contribution in [0.2, 0.25) is 0 Å². The largest absolute Gasteiger partial charge is 0.311 e. The third-order valence-corrected chi connectivity index (χ3v) is 3.82. The molecule has 0 fully saturated rings. The van der Waals surface area contributed by atoms with Crippen LogP contribution in [0, 0.1) is 13.8 Å². The summed E-state index contributed by atoms with van der Waals surface area (Å²) in [5.41, 5.74) is 3.88. The Bertz CT molecular complexity index is 490. The number of rotatable bonds is 4. The molecule has 2 nitrogen and oxygen atoms in total. The van der Waals surface area contributed by atoms with E-state index in [2.05, 4.69) is 53.8 Å². The first-order valence-corrected chi connectivity index (χ1v) is 6.72. The van der Waals surface area contributed by atoms with Crippen molar-refractivity contribution < 1.29 is 0 Å². The van der Waals surface area contributed by atoms with Gasteiger partial charge in [0.1, 0.15) is 0 Å². The van der Waals surface area contributed by atoms with E-state index in [-0.39, 0.29) is 0 Å². The van der Waals surface area contributed by atoms with Crippen molar-refractivity contribution in [2.45, 2.75) is 26.3 Å². The average Bonchev–Trinajstić information content (AvgIpc) is 2.75. The van der Waals surface area contributed by atoms with Crippen molar-refractivity contribution >= 4 is 11.3 Å². The summed E-state index contributed by atoms with van der Waals surface area (Å²) < 4.78 is 0. The van der Waals surface area contributed by atoms with Crippen LogP contribution in [0.15, 0.2) is 29.6 Å². The molecule has 1 atom stereocenters. The van der Waals surface area contributed by atoms with Crippen molar-refractivity contribution in [1.82, 2.24) is 10.3 Å². The van der Waals surface area contributed by atoms with Crippen LogP contribution in [0.3, 0.4) is 0 Å². The lowest BCUT2D eigenvalue weighted by Gasteiger charge is -2.15. The number of aromatic nitrogens is 1. The molecule has 0 amide bonds. The first-order valence-electron chi connectivity index (χ1n) is 5.84. The Balaban J connectivity index is 2.18. The molecule has 2 aromatic rings. The zero-order valence-electron chi connectivity index (χ0n) is 10.5. The highest BCUT2D eigenvalue weighted by Crippen LogP contribution is 2.21. The molecule has 0 radical (unpaired) electrons. The Morgan fingerprint density at radius 1 is 1.29 bits per heavy atom. The quantitative estimate of drug-likeness (QED) is 0.895. The van der Waals surface area contributed by atoms with Gasteiger partial charge >= 0.3 is 0 Å². The Morgan fingerprint density at radius 2 is 2.06 bits per heavy atom. The molecule has 90 valence electrons. The highest BCUT2D eigenvalue weighted by atomic mass is 32.1. The van der Waals surface area contributed by atoms with Crippen LogP contribution < -0.4 is 5.32 Å². The fourth-order valence-corrected chi connectivity index (χ4v) is 2.62. The standard InChI is InChI=1S/C14H18N2S/c1-10-6-4-5-7-12(10)8-13(15-3)14-9-17-11(2)16-14/h4-7,9,13,15H,8H2,1-3H3. The van der Waals surface area contributed by atoms with Crippen LogP contribution in [0.1, 0.15) is 27.9 Å². The molecule has 0 aliphatic heterocycles. The van der Waals surface area contributed by atoms with E-state index in [1.807, 2.05) is 7.05 Å². The Labute approximate surface area is 107 Å². The first-order chi connectivity index (χ1) is 8.20. The molecule has 0 saturated carbocycles. The third kappa shape index (κ3) is 2.93. The van der Waals surface area contributed by atoms with E-state index in [1.54, 1.807) is 11.3 Å². The third-order valence-electron chi connectivity index (χ3n) is 3.03. The smallest absolute Gasteiger partial charge is 0.0898 e. The summed E-state index contributed by atoms with van der Waals surface area (Å²) in [6.45, 7) is 4.21. The summed E-state index contributed by atoms with van der Waals surface area (Å²) >= 11 is 1.71. The van der Waals surface area contributed by atoms with E-state index < -0.39 is 0 Å². The van der Waals surface area contributed by atoms with Crippen LogP contribution in [-0.4, -0.2) is 12.0 Å². The second kappa shape index (κ2) is 5.43. The van der Waals surface area contributed by atoms with Gasteiger partial charge in [-0.25, -0.2) is 4.98 Å². The van der Waals surface area contributed by atoms with Crippen LogP contribution in [0.4, 0.5) is 0 Å². The van der Waals surface area contributed by atoms with Gasteiger partial charge in [-0.05, 0) is 38.4 Å². The number of nitrogens with one attached hydrogen (secondary N) is 1. The van der Waals surface area contributed by atoms with Crippen LogP contribution >= 0.6 is 11.3 Å². The first kappa shape index (κ1) is 12.3. The second-order valence-electron chi connectivity index (χ2n) is 4.26. The number of hydrogen-bond donors (Lipinski definition) is 1. The zero-order valence-corrected chi connectivity index (χ0v) is 11.3. The van der Waals surface area contributed by atoms with E-state index in [4.69, 9.17) is 0 Å². The van der Waals surface area contributed by atoms with Gasteiger partial charge in [0.15, 0.2) is 0 Å². The lowest BCUT2D eigenvalue weighted by Crippen LogP contribution is -2.19. The number of likely N-dealkylation sites (N-methyl/N-ethyl adjacent to an activating group) is 1. The highest BCUT2D eigenvalue weighted by molar-refractivity contribution is 7.09. The van der Waals surface area contributed by atoms with Crippen molar-refractivity contribution in [2.24, 2.45) is 0 Å². The fourth-order valence-electron chi connectivity index (χ4n) is 1.95. The zero-order chi connectivity index (χ0) is 12.3. The second-order valence-corrected chi connectivity index (χ2v) is 5.33. The molecular formula is C14H18N2S. The molecule has 0 aliphatic carbocycles. The monoisotopic (exact) mass is 246 g/mol. The van der Waals surface area contributed by atoms with E-state index in [0.717, 1.165) is 17.1 Å². The van der Waals surface area contributed by atoms with Gasteiger partial charge in [0.25, 0.3) is 0 Å². The molecule has 1 N–H and O–H groups in total. The number of thiazole rings is 1. The van der Waals surface area contributed by atoms with Gasteiger partial charge in [0.05, 0.1) is 16.7 Å².